The molecule has 0 aromatic heterocycles. The quantitative estimate of drug-likeness (QED) is 0.502. The van der Waals surface area contributed by atoms with E-state index in [0.29, 0.717) is 40.5 Å². The highest BCUT2D eigenvalue weighted by atomic mass is 16.7. The van der Waals surface area contributed by atoms with Crippen molar-refractivity contribution in [2.75, 3.05) is 33.3 Å². The molecule has 9 nitrogen and oxygen atoms in total. The molecule has 4 heterocycles. The van der Waals surface area contributed by atoms with E-state index in [1.165, 1.54) is 0 Å². The molecule has 0 aliphatic carbocycles. The molecule has 9 heteroatoms. The minimum atomic E-state index is -0.445. The van der Waals surface area contributed by atoms with Gasteiger partial charge in [-0.15, -0.1) is 0 Å². The van der Waals surface area contributed by atoms with Gasteiger partial charge in [-0.25, -0.2) is 9.59 Å². The van der Waals surface area contributed by atoms with Crippen LogP contribution in [0.25, 0.3) is 0 Å². The standard InChI is InChI=1S/C24H21NO8/c26-23(14-1-3-17-20(9-14)31-12-29-17)28-11-16-5-7-25-8-6-19(22(16)25)33-24(27)15-2-4-18-21(10-15)32-13-30-18/h1-5,9-10,19,22H,6-8,11-13H2. The Kier molecular flexibility index (Phi) is 4.83. The van der Waals surface area contributed by atoms with Crippen LogP contribution in [-0.4, -0.2) is 62.3 Å². The molecular weight excluding hydrogens is 430 g/mol. The van der Waals surface area contributed by atoms with E-state index in [1.807, 2.05) is 6.08 Å². The van der Waals surface area contributed by atoms with E-state index in [2.05, 4.69) is 4.90 Å². The van der Waals surface area contributed by atoms with Crippen LogP contribution in [0.15, 0.2) is 48.0 Å². The Bertz CT molecular complexity index is 1160. The minimum absolute atomic E-state index is 0.104. The number of fused-ring (bicyclic) bond motifs is 3. The van der Waals surface area contributed by atoms with Gasteiger partial charge >= 0.3 is 11.9 Å². The Morgan fingerprint density at radius 3 is 2.21 bits per heavy atom. The zero-order valence-electron chi connectivity index (χ0n) is 17.7. The maximum absolute atomic E-state index is 12.8. The highest BCUT2D eigenvalue weighted by Crippen LogP contribution is 2.35. The van der Waals surface area contributed by atoms with Crippen molar-refractivity contribution >= 4 is 11.9 Å². The van der Waals surface area contributed by atoms with Gasteiger partial charge in [-0.1, -0.05) is 6.08 Å². The van der Waals surface area contributed by atoms with Gasteiger partial charge in [-0.3, -0.25) is 4.90 Å². The second-order valence-corrected chi connectivity index (χ2v) is 8.16. The Morgan fingerprint density at radius 2 is 1.52 bits per heavy atom. The lowest BCUT2D eigenvalue weighted by Gasteiger charge is -2.24. The first kappa shape index (κ1) is 19.9. The van der Waals surface area contributed by atoms with E-state index in [4.69, 9.17) is 28.4 Å². The third-order valence-corrected chi connectivity index (χ3v) is 6.26. The lowest BCUT2D eigenvalue weighted by Crippen LogP contribution is -2.36. The summed E-state index contributed by atoms with van der Waals surface area (Å²) in [5.41, 5.74) is 1.74. The van der Waals surface area contributed by atoms with Crippen LogP contribution < -0.4 is 18.9 Å². The predicted octanol–water partition coefficient (Wildman–Crippen LogP) is 2.54. The minimum Gasteiger partial charge on any atom is -0.458 e. The molecule has 0 radical (unpaired) electrons. The van der Waals surface area contributed by atoms with Gasteiger partial charge in [0, 0.05) is 13.1 Å². The number of hydrogen-bond donors (Lipinski definition) is 0. The second kappa shape index (κ2) is 8.00. The molecule has 0 amide bonds. The van der Waals surface area contributed by atoms with Gasteiger partial charge in [-0.05, 0) is 48.4 Å². The smallest absolute Gasteiger partial charge is 0.338 e. The average Bonchev–Trinajstić information content (AvgIpc) is 3.62. The first-order valence-corrected chi connectivity index (χ1v) is 10.8. The Hall–Kier alpha value is -3.72. The van der Waals surface area contributed by atoms with Crippen LogP contribution in [0, 0.1) is 0 Å². The maximum Gasteiger partial charge on any atom is 0.338 e. The third kappa shape index (κ3) is 3.64. The molecule has 170 valence electrons. The summed E-state index contributed by atoms with van der Waals surface area (Å²) in [6, 6.07) is 9.86. The summed E-state index contributed by atoms with van der Waals surface area (Å²) in [6.07, 6.45) is 2.44. The molecule has 2 aromatic rings. The molecule has 33 heavy (non-hydrogen) atoms. The number of esters is 2. The Labute approximate surface area is 189 Å². The summed E-state index contributed by atoms with van der Waals surface area (Å²) in [5.74, 6) is 1.43. The maximum atomic E-state index is 12.8. The fraction of sp³-hybridized carbons (Fsp3) is 0.333. The number of nitrogens with zero attached hydrogens (tertiary/aromatic N) is 1. The fourth-order valence-electron chi connectivity index (χ4n) is 4.61. The number of hydrogen-bond acceptors (Lipinski definition) is 9. The first-order chi connectivity index (χ1) is 16.2. The van der Waals surface area contributed by atoms with E-state index < -0.39 is 11.9 Å². The molecule has 0 saturated carbocycles. The molecule has 4 aliphatic rings. The molecule has 4 aliphatic heterocycles. The average molecular weight is 451 g/mol. The number of rotatable bonds is 5. The van der Waals surface area contributed by atoms with Crippen molar-refractivity contribution in [2.24, 2.45) is 0 Å². The number of benzene rings is 2. The zero-order chi connectivity index (χ0) is 22.4. The highest BCUT2D eigenvalue weighted by molar-refractivity contribution is 5.91. The number of carbonyl (C=O) groups is 2. The molecular formula is C24H21NO8. The molecule has 6 rings (SSSR count). The summed E-state index contributed by atoms with van der Waals surface area (Å²) in [5, 5.41) is 0. The van der Waals surface area contributed by atoms with Crippen LogP contribution in [0.4, 0.5) is 0 Å². The van der Waals surface area contributed by atoms with Gasteiger partial charge in [0.15, 0.2) is 23.0 Å². The van der Waals surface area contributed by atoms with Crippen LogP contribution >= 0.6 is 0 Å². The van der Waals surface area contributed by atoms with Crippen molar-refractivity contribution in [3.63, 3.8) is 0 Å². The van der Waals surface area contributed by atoms with E-state index in [0.717, 1.165) is 18.7 Å². The summed E-state index contributed by atoms with van der Waals surface area (Å²) in [4.78, 5) is 27.6. The largest absolute Gasteiger partial charge is 0.458 e. The zero-order valence-corrected chi connectivity index (χ0v) is 17.7. The fourth-order valence-corrected chi connectivity index (χ4v) is 4.61. The molecule has 2 aromatic carbocycles. The van der Waals surface area contributed by atoms with Crippen LogP contribution in [0.3, 0.4) is 0 Å². The van der Waals surface area contributed by atoms with Crippen molar-refractivity contribution in [3.8, 4) is 23.0 Å². The van der Waals surface area contributed by atoms with Crippen LogP contribution in [-0.2, 0) is 9.47 Å². The molecule has 2 unspecified atom stereocenters. The second-order valence-electron chi connectivity index (χ2n) is 8.16. The summed E-state index contributed by atoms with van der Waals surface area (Å²) in [7, 11) is 0. The van der Waals surface area contributed by atoms with Gasteiger partial charge in [0.2, 0.25) is 13.6 Å². The van der Waals surface area contributed by atoms with Crippen molar-refractivity contribution < 1.29 is 38.0 Å². The number of ether oxygens (including phenoxy) is 6. The van der Waals surface area contributed by atoms with Crippen LogP contribution in [0.2, 0.25) is 0 Å². The first-order valence-electron chi connectivity index (χ1n) is 10.8. The van der Waals surface area contributed by atoms with Gasteiger partial charge < -0.3 is 28.4 Å². The van der Waals surface area contributed by atoms with E-state index >= 15 is 0 Å². The molecule has 0 bridgehead atoms. The third-order valence-electron chi connectivity index (χ3n) is 6.26. The van der Waals surface area contributed by atoms with Gasteiger partial charge in [0.05, 0.1) is 17.2 Å². The SMILES string of the molecule is O=C(OCC1=CCN2CCC(OC(=O)c3ccc4c(c3)OCO4)C12)c1ccc2c(c1)OCO2. The van der Waals surface area contributed by atoms with Crippen molar-refractivity contribution in [1.82, 2.24) is 4.90 Å². The van der Waals surface area contributed by atoms with Crippen LogP contribution in [0.1, 0.15) is 27.1 Å². The number of carbonyl (C=O) groups excluding carboxylic acids is 2. The topological polar surface area (TPSA) is 92.8 Å². The van der Waals surface area contributed by atoms with E-state index in [9.17, 15) is 9.59 Å². The monoisotopic (exact) mass is 451 g/mol. The normalized spacial score (nSPS) is 22.1. The summed E-state index contributed by atoms with van der Waals surface area (Å²) in [6.45, 7) is 1.96. The van der Waals surface area contributed by atoms with Gasteiger partial charge in [0.1, 0.15) is 12.7 Å². The van der Waals surface area contributed by atoms with Crippen molar-refractivity contribution in [1.29, 1.82) is 0 Å². The van der Waals surface area contributed by atoms with Crippen molar-refractivity contribution in [2.45, 2.75) is 18.6 Å². The lowest BCUT2D eigenvalue weighted by molar-refractivity contribution is 0.0239. The molecule has 1 fully saturated rings. The lowest BCUT2D eigenvalue weighted by atomic mass is 10.0. The summed E-state index contributed by atoms with van der Waals surface area (Å²) >= 11 is 0. The molecule has 0 N–H and O–H groups in total. The molecule has 2 atom stereocenters. The molecule has 1 saturated heterocycles. The van der Waals surface area contributed by atoms with Crippen LogP contribution in [0.5, 0.6) is 23.0 Å². The predicted molar refractivity (Wildman–Crippen MR) is 113 cm³/mol. The van der Waals surface area contributed by atoms with Gasteiger partial charge in [-0.2, -0.15) is 0 Å². The van der Waals surface area contributed by atoms with E-state index in [-0.39, 0.29) is 32.3 Å². The Balaban J connectivity index is 1.10. The van der Waals surface area contributed by atoms with Crippen molar-refractivity contribution in [3.05, 3.63) is 59.2 Å². The molecule has 0 spiro atoms. The Morgan fingerprint density at radius 1 is 0.879 bits per heavy atom. The van der Waals surface area contributed by atoms with Gasteiger partial charge in [0.25, 0.3) is 0 Å². The van der Waals surface area contributed by atoms with E-state index in [1.54, 1.807) is 36.4 Å². The highest BCUT2D eigenvalue weighted by Gasteiger charge is 2.42. The summed E-state index contributed by atoms with van der Waals surface area (Å²) < 4.78 is 32.7.